The van der Waals surface area contributed by atoms with E-state index in [-0.39, 0.29) is 41.2 Å². The Morgan fingerprint density at radius 3 is 2.44 bits per heavy atom. The van der Waals surface area contributed by atoms with Crippen molar-refractivity contribution in [1.29, 1.82) is 5.26 Å². The highest BCUT2D eigenvalue weighted by Gasteiger charge is 2.29. The number of benzene rings is 1. The highest BCUT2D eigenvalue weighted by molar-refractivity contribution is 5.85. The van der Waals surface area contributed by atoms with Crippen LogP contribution in [0.25, 0.3) is 11.0 Å². The van der Waals surface area contributed by atoms with Crippen LogP contribution in [0.1, 0.15) is 45.1 Å². The summed E-state index contributed by atoms with van der Waals surface area (Å²) in [4.78, 5) is 15.2. The summed E-state index contributed by atoms with van der Waals surface area (Å²) < 4.78 is 72.1. The molecule has 0 aliphatic heterocycles. The quantitative estimate of drug-likeness (QED) is 0.544. The van der Waals surface area contributed by atoms with Crippen molar-refractivity contribution in [2.75, 3.05) is 13.2 Å². The first-order chi connectivity index (χ1) is 16.1. The van der Waals surface area contributed by atoms with E-state index in [1.54, 1.807) is 6.07 Å². The third-order valence-electron chi connectivity index (χ3n) is 5.51. The lowest BCUT2D eigenvalue weighted by Crippen LogP contribution is -2.37. The van der Waals surface area contributed by atoms with Gasteiger partial charge >= 0.3 is 0 Å². The average molecular weight is 486 g/mol. The van der Waals surface area contributed by atoms with E-state index in [4.69, 9.17) is 9.47 Å². The molecule has 8 nitrogen and oxygen atoms in total. The van der Waals surface area contributed by atoms with E-state index in [0.717, 1.165) is 0 Å². The molecule has 1 aliphatic rings. The number of aromatic nitrogens is 2. The Hall–Kier alpha value is -3.07. The lowest BCUT2D eigenvalue weighted by molar-refractivity contribution is -0.120. The van der Waals surface area contributed by atoms with Gasteiger partial charge in [0, 0.05) is 20.0 Å². The number of rotatable bonds is 9. The van der Waals surface area contributed by atoms with E-state index in [2.05, 4.69) is 15.0 Å². The molecule has 1 amide bonds. The molecule has 34 heavy (non-hydrogen) atoms. The zero-order valence-corrected chi connectivity index (χ0v) is 19.0. The van der Waals surface area contributed by atoms with Crippen molar-refractivity contribution >= 4 is 16.9 Å². The summed E-state index contributed by atoms with van der Waals surface area (Å²) in [5.74, 6) is -3.80. The molecule has 0 spiro atoms. The van der Waals surface area contributed by atoms with Crippen LogP contribution in [0.15, 0.2) is 0 Å². The smallest absolute Gasteiger partial charge is 0.297 e. The minimum absolute atomic E-state index is 0.00257. The van der Waals surface area contributed by atoms with E-state index in [1.165, 1.54) is 18.5 Å². The van der Waals surface area contributed by atoms with Gasteiger partial charge in [-0.15, -0.1) is 0 Å². The van der Waals surface area contributed by atoms with Gasteiger partial charge in [-0.2, -0.15) is 10.2 Å². The van der Waals surface area contributed by atoms with Crippen LogP contribution in [0.3, 0.4) is 0 Å². The Kier molecular flexibility index (Phi) is 8.19. The van der Waals surface area contributed by atoms with Gasteiger partial charge in [0.1, 0.15) is 35.4 Å². The number of carbonyl (C=O) groups excluding carboxylic acids is 1. The molecule has 1 heterocycles. The van der Waals surface area contributed by atoms with Crippen LogP contribution in [0, 0.1) is 23.0 Å². The van der Waals surface area contributed by atoms with Gasteiger partial charge in [-0.1, -0.05) is 0 Å². The second-order valence-corrected chi connectivity index (χ2v) is 8.25. The topological polar surface area (TPSA) is 98.4 Å². The first-order valence-electron chi connectivity index (χ1n) is 10.9. The highest BCUT2D eigenvalue weighted by atomic mass is 19.3. The number of nitrogens with one attached hydrogen (secondary N) is 1. The van der Waals surface area contributed by atoms with Crippen LogP contribution in [-0.2, 0) is 16.6 Å². The van der Waals surface area contributed by atoms with Crippen LogP contribution in [-0.4, -0.2) is 53.3 Å². The number of imidazole rings is 1. The van der Waals surface area contributed by atoms with E-state index in [1.807, 2.05) is 6.92 Å². The third kappa shape index (κ3) is 5.70. The van der Waals surface area contributed by atoms with Gasteiger partial charge in [0.05, 0.1) is 12.7 Å². The third-order valence-corrected chi connectivity index (χ3v) is 5.51. The maximum absolute atomic E-state index is 15.0. The maximum Gasteiger partial charge on any atom is 0.297 e. The summed E-state index contributed by atoms with van der Waals surface area (Å²) in [6, 6.07) is 1.46. The normalized spacial score (nSPS) is 19.1. The zero-order valence-electron chi connectivity index (χ0n) is 19.0. The molecule has 1 aromatic heterocycles. The number of hydrogen-bond acceptors (Lipinski definition) is 6. The van der Waals surface area contributed by atoms with E-state index >= 15 is 0 Å². The van der Waals surface area contributed by atoms with Crippen molar-refractivity contribution in [3.05, 3.63) is 17.2 Å². The second-order valence-electron chi connectivity index (χ2n) is 8.25. The first-order valence-corrected chi connectivity index (χ1v) is 10.9. The van der Waals surface area contributed by atoms with E-state index in [9.17, 15) is 27.6 Å². The molecule has 1 N–H and O–H groups in total. The minimum atomic E-state index is -2.95. The number of alkyl halides is 2. The molecule has 0 saturated heterocycles. The Morgan fingerprint density at radius 1 is 1.21 bits per heavy atom. The number of hydrogen-bond donors (Lipinski definition) is 1. The minimum Gasteiger partial charge on any atom is -0.481 e. The highest BCUT2D eigenvalue weighted by Crippen LogP contribution is 2.36. The molecule has 3 rings (SSSR count). The Labute approximate surface area is 193 Å². The van der Waals surface area contributed by atoms with Crippen molar-refractivity contribution in [3.8, 4) is 17.8 Å². The predicted molar refractivity (Wildman–Crippen MR) is 113 cm³/mol. The summed E-state index contributed by atoms with van der Waals surface area (Å²) in [6.07, 6.45) is -0.587. The molecular weight excluding hydrogens is 460 g/mol. The van der Waals surface area contributed by atoms with Crippen LogP contribution >= 0.6 is 0 Å². The van der Waals surface area contributed by atoms with Gasteiger partial charge in [0.15, 0.2) is 17.4 Å². The van der Waals surface area contributed by atoms with E-state index < -0.39 is 36.0 Å². The molecule has 1 saturated carbocycles. The number of amides is 1. The van der Waals surface area contributed by atoms with Crippen molar-refractivity contribution in [2.45, 2.75) is 64.2 Å². The van der Waals surface area contributed by atoms with Crippen molar-refractivity contribution in [1.82, 2.24) is 14.9 Å². The fourth-order valence-corrected chi connectivity index (χ4v) is 3.94. The monoisotopic (exact) mass is 486 g/mol. The Bertz CT molecular complexity index is 1080. The Morgan fingerprint density at radius 2 is 1.85 bits per heavy atom. The standard InChI is InChI=1S/C22H26F4N4O4/c1-11(28-12(2)31)9-32-13-4-6-14(7-5-13)34-22-29-19-15(8-27)17(25)21(33-10-16(23)24)18(26)20(19)30(22)3/h11,13-14,16H,4-7,9-10H2,1-3H3,(H,28,31)/t11-,13-,14-/m0/s1. The number of halogens is 4. The summed E-state index contributed by atoms with van der Waals surface area (Å²) >= 11 is 0. The SMILES string of the molecule is CC(=O)N[C@@H](C)CO[C@H]1CC[C@H](Oc2nc3c(C#N)c(F)c(OCC(F)F)c(F)c3n2C)CC1. The lowest BCUT2D eigenvalue weighted by atomic mass is 9.95. The molecule has 1 atom stereocenters. The zero-order chi connectivity index (χ0) is 25.0. The number of carbonyl (C=O) groups is 1. The molecular formula is C22H26F4N4O4. The maximum atomic E-state index is 15.0. The number of ether oxygens (including phenoxy) is 3. The van der Waals surface area contributed by atoms with Crippen LogP contribution in [0.5, 0.6) is 11.8 Å². The van der Waals surface area contributed by atoms with Gasteiger partial charge in [0.2, 0.25) is 5.91 Å². The first kappa shape index (κ1) is 25.6. The largest absolute Gasteiger partial charge is 0.481 e. The van der Waals surface area contributed by atoms with Crippen LogP contribution in [0.2, 0.25) is 0 Å². The van der Waals surface area contributed by atoms with E-state index in [0.29, 0.717) is 32.3 Å². The molecule has 186 valence electrons. The molecule has 1 aliphatic carbocycles. The number of nitriles is 1. The van der Waals surface area contributed by atoms with Gasteiger partial charge in [0.25, 0.3) is 12.4 Å². The molecule has 0 unspecified atom stereocenters. The summed E-state index contributed by atoms with van der Waals surface area (Å²) in [7, 11) is 1.42. The fraction of sp³-hybridized carbons (Fsp3) is 0.591. The van der Waals surface area contributed by atoms with Crippen molar-refractivity contribution < 1.29 is 36.6 Å². The fourth-order valence-electron chi connectivity index (χ4n) is 3.94. The summed E-state index contributed by atoms with van der Waals surface area (Å²) in [6.45, 7) is 2.46. The van der Waals surface area contributed by atoms with Gasteiger partial charge in [-0.25, -0.2) is 17.6 Å². The molecule has 12 heteroatoms. The van der Waals surface area contributed by atoms with Gasteiger partial charge < -0.3 is 19.5 Å². The molecule has 0 bridgehead atoms. The number of aryl methyl sites for hydroxylation is 1. The van der Waals surface area contributed by atoms with Gasteiger partial charge in [-0.05, 0) is 32.6 Å². The second kappa shape index (κ2) is 10.9. The van der Waals surface area contributed by atoms with Gasteiger partial charge in [-0.3, -0.25) is 9.36 Å². The number of fused-ring (bicyclic) bond motifs is 1. The number of nitrogens with zero attached hydrogens (tertiary/aromatic N) is 3. The molecule has 0 radical (unpaired) electrons. The lowest BCUT2D eigenvalue weighted by Gasteiger charge is -2.29. The van der Waals surface area contributed by atoms with Crippen molar-refractivity contribution in [2.24, 2.45) is 7.05 Å². The average Bonchev–Trinajstić information content (AvgIpc) is 3.08. The predicted octanol–water partition coefficient (Wildman–Crippen LogP) is 3.60. The molecule has 2 aromatic rings. The summed E-state index contributed by atoms with van der Waals surface area (Å²) in [5.41, 5.74) is -1.17. The molecule has 1 fully saturated rings. The van der Waals surface area contributed by atoms with Crippen LogP contribution in [0.4, 0.5) is 17.6 Å². The summed E-state index contributed by atoms with van der Waals surface area (Å²) in [5, 5.41) is 12.1. The Balaban J connectivity index is 1.72. The molecule has 1 aromatic carbocycles. The van der Waals surface area contributed by atoms with Crippen LogP contribution < -0.4 is 14.8 Å². The van der Waals surface area contributed by atoms with Crippen molar-refractivity contribution in [3.63, 3.8) is 0 Å².